The molecular weight excluding hydrogens is 128 g/mol. The van der Waals surface area contributed by atoms with E-state index in [2.05, 4.69) is 23.6 Å². The van der Waals surface area contributed by atoms with Crippen molar-refractivity contribution in [1.29, 1.82) is 0 Å². The topological polar surface area (TPSA) is 0 Å². The van der Waals surface area contributed by atoms with Crippen LogP contribution in [0.4, 0.5) is 0 Å². The Morgan fingerprint density at radius 1 is 1.67 bits per heavy atom. The summed E-state index contributed by atoms with van der Waals surface area (Å²) >= 11 is 1.88. The summed E-state index contributed by atoms with van der Waals surface area (Å²) < 4.78 is 0. The van der Waals surface area contributed by atoms with E-state index in [1.165, 1.54) is 11.3 Å². The molecule has 9 heavy (non-hydrogen) atoms. The zero-order valence-corrected chi connectivity index (χ0v) is 5.82. The molecular formula is C8H7S. The molecule has 0 aromatic heterocycles. The van der Waals surface area contributed by atoms with Gasteiger partial charge in [0.2, 0.25) is 0 Å². The largest absolute Gasteiger partial charge is 0.133 e. The molecule has 0 aromatic carbocycles. The highest BCUT2D eigenvalue weighted by Gasteiger charge is 2.15. The van der Waals surface area contributed by atoms with Crippen molar-refractivity contribution in [3.8, 4) is 0 Å². The summed E-state index contributed by atoms with van der Waals surface area (Å²) in [5.41, 5.74) is 1.36. The van der Waals surface area contributed by atoms with Crippen LogP contribution < -0.4 is 0 Å². The summed E-state index contributed by atoms with van der Waals surface area (Å²) in [5.74, 6) is 1.88. The standard InChI is InChI=1S/C8H7S/c1-2-4-8-6-9-5-7(8)3-1/h1-3,6-7H,5H2. The third kappa shape index (κ3) is 0.855. The first-order valence-electron chi connectivity index (χ1n) is 3.05. The third-order valence-corrected chi connectivity index (χ3v) is 2.55. The second-order valence-electron chi connectivity index (χ2n) is 2.21. The van der Waals surface area contributed by atoms with Crippen LogP contribution in [0.15, 0.2) is 29.2 Å². The molecule has 0 fully saturated rings. The molecule has 1 aliphatic carbocycles. The molecule has 1 heteroatoms. The second-order valence-corrected chi connectivity index (χ2v) is 3.11. The first kappa shape index (κ1) is 5.36. The zero-order chi connectivity index (χ0) is 6.10. The van der Waals surface area contributed by atoms with Gasteiger partial charge in [-0.05, 0) is 17.1 Å². The molecule has 0 bridgehead atoms. The van der Waals surface area contributed by atoms with Gasteiger partial charge >= 0.3 is 0 Å². The minimum atomic E-state index is 0.667. The molecule has 0 nitrogen and oxygen atoms in total. The Hall–Kier alpha value is -0.430. The molecule has 1 atom stereocenters. The maximum absolute atomic E-state index is 3.21. The molecule has 0 N–H and O–H groups in total. The molecule has 45 valence electrons. The van der Waals surface area contributed by atoms with E-state index in [0.717, 1.165) is 0 Å². The molecule has 0 saturated carbocycles. The van der Waals surface area contributed by atoms with Crippen molar-refractivity contribution in [2.75, 3.05) is 5.75 Å². The molecule has 2 rings (SSSR count). The van der Waals surface area contributed by atoms with Gasteiger partial charge in [-0.1, -0.05) is 18.2 Å². The van der Waals surface area contributed by atoms with Crippen LogP contribution in [0.25, 0.3) is 0 Å². The lowest BCUT2D eigenvalue weighted by Gasteiger charge is -2.06. The van der Waals surface area contributed by atoms with E-state index in [1.54, 1.807) is 0 Å². The minimum Gasteiger partial charge on any atom is -0.133 e. The van der Waals surface area contributed by atoms with E-state index < -0.39 is 0 Å². The van der Waals surface area contributed by atoms with E-state index in [0.29, 0.717) is 5.92 Å². The van der Waals surface area contributed by atoms with Gasteiger partial charge in [0.25, 0.3) is 0 Å². The number of rotatable bonds is 0. The Kier molecular flexibility index (Phi) is 1.23. The van der Waals surface area contributed by atoms with Crippen LogP contribution in [-0.4, -0.2) is 5.75 Å². The van der Waals surface area contributed by atoms with Gasteiger partial charge in [0, 0.05) is 11.7 Å². The number of allylic oxidation sites excluding steroid dienone is 5. The van der Waals surface area contributed by atoms with Crippen molar-refractivity contribution >= 4 is 11.8 Å². The van der Waals surface area contributed by atoms with Crippen LogP contribution in [0.2, 0.25) is 0 Å². The Balaban J connectivity index is 2.33. The van der Waals surface area contributed by atoms with Crippen molar-refractivity contribution in [3.63, 3.8) is 0 Å². The van der Waals surface area contributed by atoms with Crippen LogP contribution >= 0.6 is 11.8 Å². The highest BCUT2D eigenvalue weighted by Crippen LogP contribution is 2.31. The smallest absolute Gasteiger partial charge is 0.0126 e. The fourth-order valence-electron chi connectivity index (χ4n) is 1.05. The number of hydrogen-bond donors (Lipinski definition) is 0. The normalized spacial score (nSPS) is 30.2. The van der Waals surface area contributed by atoms with Gasteiger partial charge in [-0.15, -0.1) is 11.8 Å². The summed E-state index contributed by atoms with van der Waals surface area (Å²) in [6.07, 6.45) is 9.51. The molecule has 0 spiro atoms. The van der Waals surface area contributed by atoms with E-state index in [1.807, 2.05) is 17.8 Å². The summed E-state index contributed by atoms with van der Waals surface area (Å²) in [7, 11) is 0. The predicted molar refractivity (Wildman–Crippen MR) is 41.0 cm³/mol. The van der Waals surface area contributed by atoms with E-state index >= 15 is 0 Å². The lowest BCUT2D eigenvalue weighted by molar-refractivity contribution is 0.909. The second kappa shape index (κ2) is 2.07. The van der Waals surface area contributed by atoms with E-state index in [-0.39, 0.29) is 0 Å². The number of hydrogen-bond acceptors (Lipinski definition) is 1. The highest BCUT2D eigenvalue weighted by atomic mass is 32.2. The minimum absolute atomic E-state index is 0.667. The summed E-state index contributed by atoms with van der Waals surface area (Å²) in [6, 6.07) is 0. The van der Waals surface area contributed by atoms with Gasteiger partial charge in [0.15, 0.2) is 0 Å². The van der Waals surface area contributed by atoms with Crippen molar-refractivity contribution < 1.29 is 0 Å². The average Bonchev–Trinajstić information content (AvgIpc) is 2.33. The fraction of sp³-hybridized carbons (Fsp3) is 0.250. The fourth-order valence-corrected chi connectivity index (χ4v) is 2.07. The quantitative estimate of drug-likeness (QED) is 0.490. The van der Waals surface area contributed by atoms with Gasteiger partial charge in [-0.2, -0.15) is 0 Å². The first-order valence-corrected chi connectivity index (χ1v) is 4.10. The molecule has 1 unspecified atom stereocenters. The third-order valence-electron chi connectivity index (χ3n) is 1.58. The van der Waals surface area contributed by atoms with E-state index in [9.17, 15) is 0 Å². The molecule has 1 radical (unpaired) electrons. The molecule has 1 heterocycles. The SMILES string of the molecule is [C]1=CC=CC2CSC=C12. The highest BCUT2D eigenvalue weighted by molar-refractivity contribution is 8.02. The van der Waals surface area contributed by atoms with Crippen LogP contribution in [0, 0.1) is 12.0 Å². The van der Waals surface area contributed by atoms with Gasteiger partial charge < -0.3 is 0 Å². The summed E-state index contributed by atoms with van der Waals surface area (Å²) in [5, 5.41) is 2.20. The van der Waals surface area contributed by atoms with Gasteiger partial charge in [-0.25, -0.2) is 0 Å². The maximum atomic E-state index is 3.21. The van der Waals surface area contributed by atoms with Crippen LogP contribution in [-0.2, 0) is 0 Å². The van der Waals surface area contributed by atoms with Crippen LogP contribution in [0.1, 0.15) is 0 Å². The Labute approximate surface area is 59.3 Å². The molecule has 0 aromatic rings. The number of thioether (sulfide) groups is 1. The zero-order valence-electron chi connectivity index (χ0n) is 5.00. The molecule has 1 aliphatic heterocycles. The van der Waals surface area contributed by atoms with Crippen molar-refractivity contribution in [3.05, 3.63) is 35.3 Å². The lowest BCUT2D eigenvalue weighted by Crippen LogP contribution is -1.98. The Morgan fingerprint density at radius 2 is 2.67 bits per heavy atom. The van der Waals surface area contributed by atoms with Crippen molar-refractivity contribution in [1.82, 2.24) is 0 Å². The first-order chi connectivity index (χ1) is 4.47. The Morgan fingerprint density at radius 3 is 3.56 bits per heavy atom. The predicted octanol–water partition coefficient (Wildman–Crippen LogP) is 2.16. The van der Waals surface area contributed by atoms with Crippen LogP contribution in [0.5, 0.6) is 0 Å². The molecule has 0 saturated heterocycles. The molecule has 2 aliphatic rings. The lowest BCUT2D eigenvalue weighted by atomic mass is 9.98. The van der Waals surface area contributed by atoms with Crippen molar-refractivity contribution in [2.24, 2.45) is 5.92 Å². The summed E-state index contributed by atoms with van der Waals surface area (Å²) in [6.45, 7) is 0. The van der Waals surface area contributed by atoms with Gasteiger partial charge in [0.1, 0.15) is 0 Å². The van der Waals surface area contributed by atoms with E-state index in [4.69, 9.17) is 0 Å². The summed E-state index contributed by atoms with van der Waals surface area (Å²) in [4.78, 5) is 0. The van der Waals surface area contributed by atoms with Crippen molar-refractivity contribution in [2.45, 2.75) is 0 Å². The van der Waals surface area contributed by atoms with Crippen LogP contribution in [0.3, 0.4) is 0 Å². The molecule has 0 amide bonds. The number of fused-ring (bicyclic) bond motifs is 1. The average molecular weight is 135 g/mol. The van der Waals surface area contributed by atoms with Gasteiger partial charge in [0.05, 0.1) is 0 Å². The van der Waals surface area contributed by atoms with Gasteiger partial charge in [-0.3, -0.25) is 0 Å². The Bertz CT molecular complexity index is 196. The monoisotopic (exact) mass is 135 g/mol. The maximum Gasteiger partial charge on any atom is 0.0126 e.